The van der Waals surface area contributed by atoms with E-state index in [1.165, 1.54) is 45.8 Å². The first-order valence-corrected chi connectivity index (χ1v) is 10.8. The monoisotopic (exact) mass is 444 g/mol. The highest BCUT2D eigenvalue weighted by atomic mass is 32.2. The second kappa shape index (κ2) is 8.32. The van der Waals surface area contributed by atoms with Crippen LogP contribution in [0.15, 0.2) is 44.8 Å². The summed E-state index contributed by atoms with van der Waals surface area (Å²) in [6, 6.07) is 7.31. The molecule has 0 saturated heterocycles. The average molecular weight is 444 g/mol. The molecule has 0 amide bonds. The van der Waals surface area contributed by atoms with Gasteiger partial charge in [-0.2, -0.15) is 9.61 Å². The zero-order chi connectivity index (χ0) is 21.3. The Morgan fingerprint density at radius 2 is 2.03 bits per heavy atom. The van der Waals surface area contributed by atoms with Crippen molar-refractivity contribution in [3.8, 4) is 11.5 Å². The fraction of sp³-hybridized carbons (Fsp3) is 0.278. The predicted molar refractivity (Wildman–Crippen MR) is 112 cm³/mol. The van der Waals surface area contributed by atoms with Gasteiger partial charge in [-0.05, 0) is 18.1 Å². The van der Waals surface area contributed by atoms with Crippen molar-refractivity contribution in [2.45, 2.75) is 31.2 Å². The van der Waals surface area contributed by atoms with Gasteiger partial charge in [0.2, 0.25) is 10.9 Å². The van der Waals surface area contributed by atoms with E-state index < -0.39 is 4.92 Å². The highest BCUT2D eigenvalue weighted by molar-refractivity contribution is 7.98. The van der Waals surface area contributed by atoms with E-state index in [0.29, 0.717) is 33.1 Å². The first-order chi connectivity index (χ1) is 14.4. The molecule has 0 saturated carbocycles. The van der Waals surface area contributed by atoms with Gasteiger partial charge in [0.05, 0.1) is 10.6 Å². The summed E-state index contributed by atoms with van der Waals surface area (Å²) in [5.74, 6) is 1.08. The highest BCUT2D eigenvalue weighted by Crippen LogP contribution is 2.26. The van der Waals surface area contributed by atoms with Gasteiger partial charge in [-0.15, -0.1) is 10.2 Å². The molecule has 30 heavy (non-hydrogen) atoms. The van der Waals surface area contributed by atoms with Crippen LogP contribution in [0, 0.1) is 16.0 Å². The maximum Gasteiger partial charge on any atom is 0.277 e. The van der Waals surface area contributed by atoms with Crippen molar-refractivity contribution in [1.82, 2.24) is 24.8 Å². The van der Waals surface area contributed by atoms with E-state index in [-0.39, 0.29) is 17.1 Å². The summed E-state index contributed by atoms with van der Waals surface area (Å²) in [7, 11) is 0. The number of nitro benzene ring substituents is 1. The molecule has 0 fully saturated rings. The summed E-state index contributed by atoms with van der Waals surface area (Å²) in [5, 5.41) is 24.2. The Bertz CT molecular complexity index is 1260. The third-order valence-corrected chi connectivity index (χ3v) is 5.78. The van der Waals surface area contributed by atoms with Crippen LogP contribution in [0.1, 0.15) is 24.5 Å². The van der Waals surface area contributed by atoms with Crippen LogP contribution in [0.25, 0.3) is 16.4 Å². The van der Waals surface area contributed by atoms with Crippen LogP contribution in [0.4, 0.5) is 5.69 Å². The smallest absolute Gasteiger partial charge is 0.277 e. The molecule has 0 aliphatic heterocycles. The van der Waals surface area contributed by atoms with E-state index in [0.717, 1.165) is 11.4 Å². The zero-order valence-corrected chi connectivity index (χ0v) is 17.6. The molecular weight excluding hydrogens is 428 g/mol. The van der Waals surface area contributed by atoms with Crippen LogP contribution in [-0.2, 0) is 12.2 Å². The van der Waals surface area contributed by atoms with Crippen molar-refractivity contribution in [3.05, 3.63) is 61.5 Å². The van der Waals surface area contributed by atoms with E-state index in [1.807, 2.05) is 0 Å². The summed E-state index contributed by atoms with van der Waals surface area (Å²) in [6.07, 6.45) is 0.797. The van der Waals surface area contributed by atoms with Crippen molar-refractivity contribution in [3.63, 3.8) is 0 Å². The molecular formula is C18H16N6O4S2. The molecule has 0 unspecified atom stereocenters. The molecule has 4 rings (SSSR count). The minimum Gasteiger partial charge on any atom is -0.411 e. The Kier molecular flexibility index (Phi) is 5.59. The lowest BCUT2D eigenvalue weighted by Crippen LogP contribution is -2.15. The Balaban J connectivity index is 1.47. The van der Waals surface area contributed by atoms with Gasteiger partial charge in [-0.1, -0.05) is 36.9 Å². The molecule has 0 aliphatic rings. The van der Waals surface area contributed by atoms with Crippen LogP contribution < -0.4 is 5.56 Å². The number of nitro groups is 1. The van der Waals surface area contributed by atoms with Gasteiger partial charge >= 0.3 is 0 Å². The normalized spacial score (nSPS) is 11.4. The van der Waals surface area contributed by atoms with E-state index in [4.69, 9.17) is 4.42 Å². The van der Waals surface area contributed by atoms with Crippen LogP contribution >= 0.6 is 23.1 Å². The number of benzene rings is 1. The van der Waals surface area contributed by atoms with Crippen molar-refractivity contribution in [1.29, 1.82) is 0 Å². The summed E-state index contributed by atoms with van der Waals surface area (Å²) in [5.41, 5.74) is 0.944. The maximum atomic E-state index is 12.3. The van der Waals surface area contributed by atoms with Crippen molar-refractivity contribution in [2.24, 2.45) is 5.92 Å². The Morgan fingerprint density at radius 1 is 1.27 bits per heavy atom. The Morgan fingerprint density at radius 3 is 2.73 bits per heavy atom. The Hall–Kier alpha value is -3.12. The molecule has 0 atom stereocenters. The number of thioether (sulfide) groups is 1. The second-order valence-corrected chi connectivity index (χ2v) is 8.81. The van der Waals surface area contributed by atoms with Gasteiger partial charge in [0.15, 0.2) is 0 Å². The lowest BCUT2D eigenvalue weighted by molar-refractivity contribution is -0.384. The van der Waals surface area contributed by atoms with Crippen LogP contribution in [0.5, 0.6) is 0 Å². The molecule has 0 spiro atoms. The van der Waals surface area contributed by atoms with E-state index in [1.54, 1.807) is 12.1 Å². The topological polar surface area (TPSA) is 129 Å². The lowest BCUT2D eigenvalue weighted by atomic mass is 10.1. The number of aromatic nitrogens is 5. The number of nitrogens with zero attached hydrogens (tertiary/aromatic N) is 6. The Labute approximate surface area is 178 Å². The van der Waals surface area contributed by atoms with E-state index in [9.17, 15) is 14.9 Å². The van der Waals surface area contributed by atoms with Crippen molar-refractivity contribution >= 4 is 33.7 Å². The second-order valence-electron chi connectivity index (χ2n) is 6.84. The van der Waals surface area contributed by atoms with Crippen LogP contribution in [0.2, 0.25) is 0 Å². The number of rotatable bonds is 7. The van der Waals surface area contributed by atoms with Gasteiger partial charge < -0.3 is 4.42 Å². The molecule has 4 aromatic rings. The summed E-state index contributed by atoms with van der Waals surface area (Å²) in [6.45, 7) is 4.19. The largest absolute Gasteiger partial charge is 0.411 e. The maximum absolute atomic E-state index is 12.3. The summed E-state index contributed by atoms with van der Waals surface area (Å²) < 4.78 is 6.94. The molecule has 0 aliphatic carbocycles. The minimum atomic E-state index is -0.472. The minimum absolute atomic E-state index is 0.0137. The molecule has 1 aromatic carbocycles. The highest BCUT2D eigenvalue weighted by Gasteiger charge is 2.14. The van der Waals surface area contributed by atoms with Crippen molar-refractivity contribution < 1.29 is 9.34 Å². The summed E-state index contributed by atoms with van der Waals surface area (Å²) in [4.78, 5) is 27.7. The van der Waals surface area contributed by atoms with Gasteiger partial charge in [-0.3, -0.25) is 14.9 Å². The van der Waals surface area contributed by atoms with Gasteiger partial charge in [0, 0.05) is 35.9 Å². The van der Waals surface area contributed by atoms with E-state index >= 15 is 0 Å². The third-order valence-electron chi connectivity index (χ3n) is 4.00. The molecule has 0 bridgehead atoms. The molecule has 12 heteroatoms. The third kappa shape index (κ3) is 4.39. The zero-order valence-electron chi connectivity index (χ0n) is 16.0. The fourth-order valence-electron chi connectivity index (χ4n) is 2.65. The lowest BCUT2D eigenvalue weighted by Gasteiger charge is -1.97. The van der Waals surface area contributed by atoms with Crippen LogP contribution in [-0.4, -0.2) is 29.7 Å². The molecule has 3 aromatic heterocycles. The molecule has 0 radical (unpaired) electrons. The van der Waals surface area contributed by atoms with E-state index in [2.05, 4.69) is 34.1 Å². The molecule has 154 valence electrons. The predicted octanol–water partition coefficient (Wildman–Crippen LogP) is 3.60. The standard InChI is InChI=1S/C18H16N6O4S2/c1-10(2)7-14-22-23-15(25)8-12(19-17(23)30-14)9-29-18-21-20-16(28-18)11-3-5-13(6-4-11)24(26)27/h3-6,8,10H,7,9H2,1-2H3. The molecule has 3 heterocycles. The molecule has 10 nitrogen and oxygen atoms in total. The fourth-order valence-corrected chi connectivity index (χ4v) is 4.43. The first kappa shape index (κ1) is 20.2. The van der Waals surface area contributed by atoms with Crippen LogP contribution in [0.3, 0.4) is 0 Å². The van der Waals surface area contributed by atoms with Gasteiger partial charge in [0.25, 0.3) is 16.5 Å². The number of non-ortho nitro benzene ring substituents is 1. The molecule has 0 N–H and O–H groups in total. The number of fused-ring (bicyclic) bond motifs is 1. The van der Waals surface area contributed by atoms with Gasteiger partial charge in [0.1, 0.15) is 5.01 Å². The van der Waals surface area contributed by atoms with Gasteiger partial charge in [-0.25, -0.2) is 4.98 Å². The first-order valence-electron chi connectivity index (χ1n) is 8.99. The number of hydrogen-bond acceptors (Lipinski definition) is 10. The number of hydrogen-bond donors (Lipinski definition) is 0. The SMILES string of the molecule is CC(C)Cc1nn2c(=O)cc(CSc3nnc(-c4ccc([N+](=O)[O-])cc4)o3)nc2s1. The average Bonchev–Trinajstić information content (AvgIpc) is 3.33. The van der Waals surface area contributed by atoms with Crippen molar-refractivity contribution in [2.75, 3.05) is 0 Å². The summed E-state index contributed by atoms with van der Waals surface area (Å²) >= 11 is 2.67. The quantitative estimate of drug-likeness (QED) is 0.238.